The summed E-state index contributed by atoms with van der Waals surface area (Å²) in [7, 11) is 0. The average Bonchev–Trinajstić information content (AvgIpc) is 2.64. The molecule has 0 radical (unpaired) electrons. The summed E-state index contributed by atoms with van der Waals surface area (Å²) in [5, 5.41) is 3.85. The minimum atomic E-state index is 0.746. The molecule has 0 amide bonds. The highest BCUT2D eigenvalue weighted by Crippen LogP contribution is 2.30. The third kappa shape index (κ3) is 4.19. The molecule has 1 heterocycles. The largest absolute Gasteiger partial charge is 0.312 e. The zero-order valence-electron chi connectivity index (χ0n) is 13.3. The summed E-state index contributed by atoms with van der Waals surface area (Å²) in [6.45, 7) is 9.69. The molecule has 1 aliphatic carbocycles. The van der Waals surface area contributed by atoms with Crippen LogP contribution in [0.2, 0.25) is 0 Å². The van der Waals surface area contributed by atoms with Crippen molar-refractivity contribution in [3.8, 4) is 0 Å². The molecule has 0 spiro atoms. The van der Waals surface area contributed by atoms with E-state index in [9.17, 15) is 0 Å². The van der Waals surface area contributed by atoms with Gasteiger partial charge in [-0.05, 0) is 51.5 Å². The van der Waals surface area contributed by atoms with Crippen LogP contribution in [0.25, 0.3) is 0 Å². The molecule has 0 aromatic heterocycles. The third-order valence-corrected chi connectivity index (χ3v) is 5.23. The molecular weight excluding hydrogens is 232 g/mol. The van der Waals surface area contributed by atoms with Gasteiger partial charge in [0.25, 0.3) is 0 Å². The molecule has 2 fully saturated rings. The monoisotopic (exact) mass is 266 g/mol. The smallest absolute Gasteiger partial charge is 0.0252 e. The first-order valence-electron chi connectivity index (χ1n) is 8.71. The van der Waals surface area contributed by atoms with E-state index < -0.39 is 0 Å². The van der Waals surface area contributed by atoms with Gasteiger partial charge >= 0.3 is 0 Å². The van der Waals surface area contributed by atoms with Crippen molar-refractivity contribution >= 4 is 0 Å². The van der Waals surface area contributed by atoms with Crippen molar-refractivity contribution in [3.63, 3.8) is 0 Å². The lowest BCUT2D eigenvalue weighted by atomic mass is 9.90. The normalized spacial score (nSPS) is 38.1. The topological polar surface area (TPSA) is 15.3 Å². The maximum Gasteiger partial charge on any atom is 0.0252 e. The second kappa shape index (κ2) is 7.64. The second-order valence-electron chi connectivity index (χ2n) is 6.99. The molecule has 2 nitrogen and oxygen atoms in total. The number of nitrogens with one attached hydrogen (secondary N) is 1. The predicted molar refractivity (Wildman–Crippen MR) is 83.5 cm³/mol. The molecule has 1 N–H and O–H groups in total. The number of likely N-dealkylation sites (tertiary alicyclic amines) is 1. The zero-order chi connectivity index (χ0) is 13.7. The van der Waals surface area contributed by atoms with Gasteiger partial charge in [-0.2, -0.15) is 0 Å². The van der Waals surface area contributed by atoms with Crippen LogP contribution in [0, 0.1) is 5.92 Å². The predicted octanol–water partition coefficient (Wildman–Crippen LogP) is 3.81. The van der Waals surface area contributed by atoms with E-state index in [1.54, 1.807) is 0 Å². The van der Waals surface area contributed by atoms with Crippen molar-refractivity contribution in [3.05, 3.63) is 0 Å². The van der Waals surface area contributed by atoms with Gasteiger partial charge in [-0.25, -0.2) is 0 Å². The van der Waals surface area contributed by atoms with E-state index in [2.05, 4.69) is 31.0 Å². The van der Waals surface area contributed by atoms with Gasteiger partial charge in [-0.15, -0.1) is 0 Å². The molecule has 0 aromatic rings. The van der Waals surface area contributed by atoms with Crippen LogP contribution in [-0.2, 0) is 0 Å². The van der Waals surface area contributed by atoms with Crippen molar-refractivity contribution in [1.29, 1.82) is 0 Å². The highest BCUT2D eigenvalue weighted by molar-refractivity contribution is 4.91. The van der Waals surface area contributed by atoms with Crippen molar-refractivity contribution in [2.75, 3.05) is 13.1 Å². The maximum absolute atomic E-state index is 3.85. The Hall–Kier alpha value is -0.0800. The Labute approximate surface area is 120 Å². The second-order valence-corrected chi connectivity index (χ2v) is 6.99. The molecule has 2 rings (SSSR count). The van der Waals surface area contributed by atoms with E-state index in [-0.39, 0.29) is 0 Å². The van der Waals surface area contributed by atoms with E-state index in [0.29, 0.717) is 0 Å². The van der Waals surface area contributed by atoms with Crippen LogP contribution in [-0.4, -0.2) is 36.1 Å². The van der Waals surface area contributed by atoms with Gasteiger partial charge in [0.05, 0.1) is 0 Å². The molecule has 19 heavy (non-hydrogen) atoms. The summed E-state index contributed by atoms with van der Waals surface area (Å²) < 4.78 is 0. The number of piperidine rings is 1. The number of rotatable bonds is 4. The summed E-state index contributed by atoms with van der Waals surface area (Å²) in [5.74, 6) is 0.895. The molecule has 1 saturated heterocycles. The summed E-state index contributed by atoms with van der Waals surface area (Å²) in [6, 6.07) is 2.34. The Morgan fingerprint density at radius 1 is 1.00 bits per heavy atom. The lowest BCUT2D eigenvalue weighted by molar-refractivity contribution is 0.0533. The standard InChI is InChI=1S/C17H34N2/c1-4-12-18-16-8-6-5-7-9-17(16)19-13-14(2)10-11-15(19)3/h14-18H,4-13H2,1-3H3. The summed E-state index contributed by atoms with van der Waals surface area (Å²) in [5.41, 5.74) is 0. The molecule has 4 unspecified atom stereocenters. The fraction of sp³-hybridized carbons (Fsp3) is 1.00. The average molecular weight is 266 g/mol. The van der Waals surface area contributed by atoms with Crippen LogP contribution < -0.4 is 5.32 Å². The fourth-order valence-electron chi connectivity index (χ4n) is 4.04. The van der Waals surface area contributed by atoms with Crippen molar-refractivity contribution < 1.29 is 0 Å². The summed E-state index contributed by atoms with van der Waals surface area (Å²) in [6.07, 6.45) is 11.2. The van der Waals surface area contributed by atoms with Crippen LogP contribution in [0.5, 0.6) is 0 Å². The van der Waals surface area contributed by atoms with E-state index in [4.69, 9.17) is 0 Å². The molecule has 0 bridgehead atoms. The van der Waals surface area contributed by atoms with Gasteiger partial charge < -0.3 is 5.32 Å². The Bertz CT molecular complexity index is 254. The van der Waals surface area contributed by atoms with Crippen LogP contribution in [0.3, 0.4) is 0 Å². The first-order chi connectivity index (χ1) is 9.22. The van der Waals surface area contributed by atoms with Gasteiger partial charge in [-0.3, -0.25) is 4.90 Å². The van der Waals surface area contributed by atoms with E-state index in [1.165, 1.54) is 64.5 Å². The van der Waals surface area contributed by atoms with Gasteiger partial charge in [0.15, 0.2) is 0 Å². The Balaban J connectivity index is 2.02. The SMILES string of the molecule is CCCNC1CCCCCC1N1CC(C)CCC1C. The van der Waals surface area contributed by atoms with Gasteiger partial charge in [-0.1, -0.05) is 33.1 Å². The van der Waals surface area contributed by atoms with Crippen LogP contribution in [0.15, 0.2) is 0 Å². The maximum atomic E-state index is 3.85. The minimum absolute atomic E-state index is 0.746. The molecule has 112 valence electrons. The minimum Gasteiger partial charge on any atom is -0.312 e. The highest BCUT2D eigenvalue weighted by Gasteiger charge is 2.34. The van der Waals surface area contributed by atoms with Crippen molar-refractivity contribution in [1.82, 2.24) is 10.2 Å². The lowest BCUT2D eigenvalue weighted by Gasteiger charge is -2.45. The highest BCUT2D eigenvalue weighted by atomic mass is 15.2. The quantitative estimate of drug-likeness (QED) is 0.779. The Morgan fingerprint density at radius 3 is 2.58 bits per heavy atom. The summed E-state index contributed by atoms with van der Waals surface area (Å²) in [4.78, 5) is 2.85. The lowest BCUT2D eigenvalue weighted by Crippen LogP contribution is -2.55. The van der Waals surface area contributed by atoms with Crippen LogP contribution >= 0.6 is 0 Å². The Kier molecular flexibility index (Phi) is 6.15. The number of hydrogen-bond donors (Lipinski definition) is 1. The molecule has 2 aliphatic rings. The molecule has 2 heteroatoms. The van der Waals surface area contributed by atoms with E-state index in [0.717, 1.165) is 24.0 Å². The van der Waals surface area contributed by atoms with Crippen molar-refractivity contribution in [2.45, 2.75) is 90.3 Å². The number of nitrogens with zero attached hydrogens (tertiary/aromatic N) is 1. The Morgan fingerprint density at radius 2 is 1.79 bits per heavy atom. The molecule has 1 saturated carbocycles. The van der Waals surface area contributed by atoms with Crippen LogP contribution in [0.4, 0.5) is 0 Å². The molecular formula is C17H34N2. The van der Waals surface area contributed by atoms with Crippen molar-refractivity contribution in [2.24, 2.45) is 5.92 Å². The molecule has 4 atom stereocenters. The summed E-state index contributed by atoms with van der Waals surface area (Å²) >= 11 is 0. The third-order valence-electron chi connectivity index (χ3n) is 5.23. The van der Waals surface area contributed by atoms with E-state index in [1.807, 2.05) is 0 Å². The van der Waals surface area contributed by atoms with E-state index >= 15 is 0 Å². The van der Waals surface area contributed by atoms with Crippen LogP contribution in [0.1, 0.15) is 72.1 Å². The zero-order valence-corrected chi connectivity index (χ0v) is 13.3. The van der Waals surface area contributed by atoms with Gasteiger partial charge in [0.1, 0.15) is 0 Å². The number of hydrogen-bond acceptors (Lipinski definition) is 2. The molecule has 0 aromatic carbocycles. The fourth-order valence-corrected chi connectivity index (χ4v) is 4.04. The van der Waals surface area contributed by atoms with Gasteiger partial charge in [0, 0.05) is 24.7 Å². The first kappa shape index (κ1) is 15.3. The first-order valence-corrected chi connectivity index (χ1v) is 8.71. The molecule has 1 aliphatic heterocycles. The van der Waals surface area contributed by atoms with Gasteiger partial charge in [0.2, 0.25) is 0 Å².